The highest BCUT2D eigenvalue weighted by molar-refractivity contribution is 5.91. The summed E-state index contributed by atoms with van der Waals surface area (Å²) in [5.41, 5.74) is -0.244. The van der Waals surface area contributed by atoms with E-state index >= 15 is 0 Å². The van der Waals surface area contributed by atoms with Gasteiger partial charge in [0.1, 0.15) is 34.8 Å². The summed E-state index contributed by atoms with van der Waals surface area (Å²) in [7, 11) is 0. The molecule has 3 rings (SSSR count). The summed E-state index contributed by atoms with van der Waals surface area (Å²) in [5.74, 6) is -3.58. The smallest absolute Gasteiger partial charge is 0.346 e. The van der Waals surface area contributed by atoms with Crippen LogP contribution in [0.25, 0.3) is 0 Å². The molecule has 0 atom stereocenters. The summed E-state index contributed by atoms with van der Waals surface area (Å²) < 4.78 is 46.5. The first kappa shape index (κ1) is 22.5. The van der Waals surface area contributed by atoms with Crippen molar-refractivity contribution in [2.24, 2.45) is 5.92 Å². The lowest BCUT2D eigenvalue weighted by Gasteiger charge is -2.26. The fourth-order valence-electron chi connectivity index (χ4n) is 3.42. The van der Waals surface area contributed by atoms with Crippen molar-refractivity contribution in [3.63, 3.8) is 0 Å². The highest BCUT2D eigenvalue weighted by Crippen LogP contribution is 2.36. The molecule has 2 aromatic rings. The Bertz CT molecular complexity index is 890. The van der Waals surface area contributed by atoms with Crippen LogP contribution in [0.4, 0.5) is 13.2 Å². The molecule has 1 fully saturated rings. The molecule has 0 radical (unpaired) electrons. The lowest BCUT2D eigenvalue weighted by Crippen LogP contribution is -2.14. The van der Waals surface area contributed by atoms with Crippen molar-refractivity contribution >= 4 is 5.97 Å². The summed E-state index contributed by atoms with van der Waals surface area (Å²) >= 11 is 0. The third-order valence-electron chi connectivity index (χ3n) is 5.04. The summed E-state index contributed by atoms with van der Waals surface area (Å²) in [4.78, 5) is 12.2. The van der Waals surface area contributed by atoms with E-state index in [1.807, 2.05) is 13.8 Å². The van der Waals surface area contributed by atoms with Crippen LogP contribution in [0.1, 0.15) is 73.9 Å². The Kier molecular flexibility index (Phi) is 7.83. The van der Waals surface area contributed by atoms with E-state index in [0.29, 0.717) is 5.92 Å². The van der Waals surface area contributed by atoms with Crippen LogP contribution in [0.15, 0.2) is 30.3 Å². The van der Waals surface area contributed by atoms with Gasteiger partial charge in [0.25, 0.3) is 0 Å². The van der Waals surface area contributed by atoms with E-state index in [1.165, 1.54) is 18.2 Å². The molecule has 6 heteroatoms. The highest BCUT2D eigenvalue weighted by atomic mass is 19.1. The molecule has 1 aliphatic rings. The van der Waals surface area contributed by atoms with Crippen LogP contribution < -0.4 is 4.74 Å². The third-order valence-corrected chi connectivity index (χ3v) is 5.04. The summed E-state index contributed by atoms with van der Waals surface area (Å²) in [5, 5.41) is 8.65. The van der Waals surface area contributed by atoms with Crippen LogP contribution >= 0.6 is 0 Å². The topological polar surface area (TPSA) is 50.1 Å². The van der Waals surface area contributed by atoms with E-state index in [-0.39, 0.29) is 11.5 Å². The van der Waals surface area contributed by atoms with Crippen molar-refractivity contribution in [3.8, 4) is 11.8 Å². The van der Waals surface area contributed by atoms with Crippen LogP contribution in [0.5, 0.6) is 5.75 Å². The van der Waals surface area contributed by atoms with Gasteiger partial charge in [-0.15, -0.1) is 0 Å². The molecule has 0 unspecified atom stereocenters. The molecule has 29 heavy (non-hydrogen) atoms. The molecule has 0 spiro atoms. The molecule has 154 valence electrons. The molecule has 0 heterocycles. The quantitative estimate of drug-likeness (QED) is 0.433. The van der Waals surface area contributed by atoms with Gasteiger partial charge < -0.3 is 4.74 Å². The van der Waals surface area contributed by atoms with E-state index in [0.717, 1.165) is 43.4 Å². The molecule has 0 amide bonds. The molecule has 3 nitrogen and oxygen atoms in total. The molecule has 0 aliphatic heterocycles. The van der Waals surface area contributed by atoms with Gasteiger partial charge in [0.2, 0.25) is 0 Å². The Balaban J connectivity index is 0.00000145. The number of benzene rings is 2. The lowest BCUT2D eigenvalue weighted by atomic mass is 9.79. The number of esters is 1. The zero-order valence-corrected chi connectivity index (χ0v) is 16.8. The van der Waals surface area contributed by atoms with Crippen LogP contribution in [0.2, 0.25) is 0 Å². The van der Waals surface area contributed by atoms with Gasteiger partial charge in [-0.3, -0.25) is 0 Å². The number of halogens is 3. The van der Waals surface area contributed by atoms with Gasteiger partial charge in [-0.25, -0.2) is 18.0 Å². The lowest BCUT2D eigenvalue weighted by molar-refractivity contribution is 0.0729. The Labute approximate surface area is 169 Å². The van der Waals surface area contributed by atoms with Crippen LogP contribution in [0.3, 0.4) is 0 Å². The average Bonchev–Trinajstić information content (AvgIpc) is 2.69. The standard InChI is InChI=1S/C21H18F3NO2.C2H6/c1-12-2-4-13(5-3-12)14-6-7-16(18(22)8-14)21(26)27-15-9-19(23)17(11-25)20(24)10-15;1-2/h6-10,12-13H,2-5H2,1H3;1-2H3. The average molecular weight is 403 g/mol. The Morgan fingerprint density at radius 3 is 2.10 bits per heavy atom. The summed E-state index contributed by atoms with van der Waals surface area (Å²) in [6.45, 7) is 6.20. The van der Waals surface area contributed by atoms with Gasteiger partial charge in [-0.05, 0) is 42.4 Å². The molecule has 2 aromatic carbocycles. The zero-order valence-electron chi connectivity index (χ0n) is 16.8. The van der Waals surface area contributed by atoms with Crippen molar-refractivity contribution in [2.75, 3.05) is 0 Å². The SMILES string of the molecule is CC.CC1CCC(c2ccc(C(=O)Oc3cc(F)c(C#N)c(F)c3)c(F)c2)CC1. The van der Waals surface area contributed by atoms with E-state index in [9.17, 15) is 18.0 Å². The molecule has 0 aromatic heterocycles. The van der Waals surface area contributed by atoms with Crippen molar-refractivity contribution in [1.82, 2.24) is 0 Å². The van der Waals surface area contributed by atoms with Crippen LogP contribution in [-0.2, 0) is 0 Å². The minimum atomic E-state index is -1.15. The largest absolute Gasteiger partial charge is 0.423 e. The van der Waals surface area contributed by atoms with Crippen LogP contribution in [-0.4, -0.2) is 5.97 Å². The number of rotatable bonds is 3. The van der Waals surface area contributed by atoms with Crippen molar-refractivity contribution in [2.45, 2.75) is 52.4 Å². The number of nitriles is 1. The molecular weight excluding hydrogens is 379 g/mol. The van der Waals surface area contributed by atoms with Crippen molar-refractivity contribution in [3.05, 3.63) is 64.5 Å². The number of ether oxygens (including phenoxy) is 1. The zero-order chi connectivity index (χ0) is 21.6. The number of nitrogens with zero attached hydrogens (tertiary/aromatic N) is 1. The van der Waals surface area contributed by atoms with Crippen LogP contribution in [0, 0.1) is 34.7 Å². The second-order valence-electron chi connectivity index (χ2n) is 6.96. The Hall–Kier alpha value is -2.81. The van der Waals surface area contributed by atoms with Gasteiger partial charge in [-0.1, -0.05) is 39.7 Å². The van der Waals surface area contributed by atoms with E-state index in [2.05, 4.69) is 6.92 Å². The maximum Gasteiger partial charge on any atom is 0.346 e. The normalized spacial score (nSPS) is 18.2. The second-order valence-corrected chi connectivity index (χ2v) is 6.96. The molecular formula is C23H24F3NO2. The monoisotopic (exact) mass is 403 g/mol. The number of carbonyl (C=O) groups is 1. The Morgan fingerprint density at radius 2 is 1.59 bits per heavy atom. The minimum Gasteiger partial charge on any atom is -0.423 e. The highest BCUT2D eigenvalue weighted by Gasteiger charge is 2.22. The Morgan fingerprint density at radius 1 is 1.00 bits per heavy atom. The third kappa shape index (κ3) is 5.38. The van der Waals surface area contributed by atoms with Gasteiger partial charge in [-0.2, -0.15) is 5.26 Å². The van der Waals surface area contributed by atoms with Gasteiger partial charge in [0.05, 0.1) is 5.56 Å². The fourth-order valence-corrected chi connectivity index (χ4v) is 3.42. The number of hydrogen-bond acceptors (Lipinski definition) is 3. The van der Waals surface area contributed by atoms with Crippen molar-refractivity contribution < 1.29 is 22.7 Å². The van der Waals surface area contributed by atoms with Crippen molar-refractivity contribution in [1.29, 1.82) is 5.26 Å². The van der Waals surface area contributed by atoms with E-state index in [4.69, 9.17) is 10.00 Å². The predicted molar refractivity (Wildman–Crippen MR) is 104 cm³/mol. The first-order valence-electron chi connectivity index (χ1n) is 9.79. The molecule has 0 saturated heterocycles. The molecule has 1 saturated carbocycles. The molecule has 1 aliphatic carbocycles. The number of carbonyl (C=O) groups excluding carboxylic acids is 1. The summed E-state index contributed by atoms with van der Waals surface area (Å²) in [6, 6.07) is 7.17. The van der Waals surface area contributed by atoms with E-state index in [1.54, 1.807) is 6.07 Å². The summed E-state index contributed by atoms with van der Waals surface area (Å²) in [6.07, 6.45) is 4.14. The fraction of sp³-hybridized carbons (Fsp3) is 0.391. The maximum absolute atomic E-state index is 14.4. The number of hydrogen-bond donors (Lipinski definition) is 0. The second kappa shape index (κ2) is 10.1. The van der Waals surface area contributed by atoms with Gasteiger partial charge >= 0.3 is 5.97 Å². The molecule has 0 N–H and O–H groups in total. The van der Waals surface area contributed by atoms with Gasteiger partial charge in [0.15, 0.2) is 0 Å². The minimum absolute atomic E-state index is 0.266. The maximum atomic E-state index is 14.4. The van der Waals surface area contributed by atoms with E-state index < -0.39 is 34.7 Å². The molecule has 0 bridgehead atoms. The predicted octanol–water partition coefficient (Wildman–Crippen LogP) is 6.51. The first-order chi connectivity index (χ1) is 13.9. The van der Waals surface area contributed by atoms with Gasteiger partial charge in [0, 0.05) is 12.1 Å². The first-order valence-corrected chi connectivity index (χ1v) is 9.79.